The molecule has 0 heterocycles. The van der Waals surface area contributed by atoms with Gasteiger partial charge in [0.1, 0.15) is 12.4 Å². The van der Waals surface area contributed by atoms with E-state index in [2.05, 4.69) is 0 Å². The molecular formula is C19H18O5. The van der Waals surface area contributed by atoms with Gasteiger partial charge in [0.05, 0.1) is 7.11 Å². The first-order valence-corrected chi connectivity index (χ1v) is 7.26. The van der Waals surface area contributed by atoms with Crippen molar-refractivity contribution >= 4 is 18.1 Å². The average Bonchev–Trinajstić information content (AvgIpc) is 2.59. The molecule has 5 nitrogen and oxygen atoms in total. The second-order valence-corrected chi connectivity index (χ2v) is 4.89. The third kappa shape index (κ3) is 5.21. The molecule has 0 radical (unpaired) electrons. The highest BCUT2D eigenvalue weighted by Crippen LogP contribution is 2.26. The van der Waals surface area contributed by atoms with Crippen LogP contribution in [0.5, 0.6) is 17.2 Å². The summed E-state index contributed by atoms with van der Waals surface area (Å²) < 4.78 is 10.1. The number of hydrogen-bond donors (Lipinski definition) is 2. The largest absolute Gasteiger partial charge is 0.508 e. The second kappa shape index (κ2) is 8.43. The molecule has 0 atom stereocenters. The van der Waals surface area contributed by atoms with Gasteiger partial charge in [-0.05, 0) is 47.5 Å². The van der Waals surface area contributed by atoms with Crippen LogP contribution in [0.2, 0.25) is 0 Å². The van der Waals surface area contributed by atoms with Crippen LogP contribution in [0.15, 0.2) is 54.6 Å². The Morgan fingerprint density at radius 1 is 1.04 bits per heavy atom. The van der Waals surface area contributed by atoms with Gasteiger partial charge in [-0.3, -0.25) is 0 Å². The number of carbonyl (C=O) groups is 1. The van der Waals surface area contributed by atoms with Gasteiger partial charge in [-0.15, -0.1) is 0 Å². The molecule has 0 fully saturated rings. The van der Waals surface area contributed by atoms with E-state index in [1.54, 1.807) is 54.6 Å². The normalized spacial score (nSPS) is 11.0. The Morgan fingerprint density at radius 2 is 1.75 bits per heavy atom. The van der Waals surface area contributed by atoms with Crippen molar-refractivity contribution in [2.24, 2.45) is 0 Å². The summed E-state index contributed by atoms with van der Waals surface area (Å²) in [6.07, 6.45) is 6.39. The van der Waals surface area contributed by atoms with E-state index in [9.17, 15) is 15.0 Å². The summed E-state index contributed by atoms with van der Waals surface area (Å²) in [5.74, 6) is 0.160. The number of methoxy groups -OCH3 is 1. The van der Waals surface area contributed by atoms with Crippen molar-refractivity contribution in [1.29, 1.82) is 0 Å². The Bertz CT molecular complexity index is 745. The van der Waals surface area contributed by atoms with Crippen LogP contribution in [0.4, 0.5) is 0 Å². The van der Waals surface area contributed by atoms with Crippen LogP contribution in [0, 0.1) is 0 Å². The third-order valence-corrected chi connectivity index (χ3v) is 3.14. The summed E-state index contributed by atoms with van der Waals surface area (Å²) in [6.45, 7) is 0.127. The van der Waals surface area contributed by atoms with Crippen LogP contribution in [0.3, 0.4) is 0 Å². The third-order valence-electron chi connectivity index (χ3n) is 3.14. The highest BCUT2D eigenvalue weighted by Gasteiger charge is 2.00. The first-order valence-electron chi connectivity index (χ1n) is 7.26. The van der Waals surface area contributed by atoms with Crippen molar-refractivity contribution in [2.75, 3.05) is 13.7 Å². The highest BCUT2D eigenvalue weighted by molar-refractivity contribution is 5.87. The quantitative estimate of drug-likeness (QED) is 0.629. The number of aromatic hydroxyl groups is 2. The average molecular weight is 326 g/mol. The van der Waals surface area contributed by atoms with Crippen molar-refractivity contribution in [3.8, 4) is 17.2 Å². The Balaban J connectivity index is 1.82. The van der Waals surface area contributed by atoms with Crippen molar-refractivity contribution < 1.29 is 24.5 Å². The molecule has 2 rings (SSSR count). The minimum Gasteiger partial charge on any atom is -0.508 e. The van der Waals surface area contributed by atoms with Gasteiger partial charge in [-0.1, -0.05) is 24.3 Å². The van der Waals surface area contributed by atoms with Crippen LogP contribution in [0.25, 0.3) is 12.2 Å². The first kappa shape index (κ1) is 17.1. The topological polar surface area (TPSA) is 76.0 Å². The summed E-state index contributed by atoms with van der Waals surface area (Å²) in [4.78, 5) is 11.6. The zero-order valence-electron chi connectivity index (χ0n) is 13.2. The van der Waals surface area contributed by atoms with Gasteiger partial charge in [0.25, 0.3) is 0 Å². The number of rotatable bonds is 6. The van der Waals surface area contributed by atoms with E-state index in [1.807, 2.05) is 0 Å². The number of phenols is 2. The van der Waals surface area contributed by atoms with Crippen LogP contribution in [-0.4, -0.2) is 29.9 Å². The predicted octanol–water partition coefficient (Wildman–Crippen LogP) is 3.38. The molecule has 0 aliphatic rings. The zero-order valence-corrected chi connectivity index (χ0v) is 13.2. The monoisotopic (exact) mass is 326 g/mol. The summed E-state index contributed by atoms with van der Waals surface area (Å²) in [5.41, 5.74) is 1.61. The minimum absolute atomic E-state index is 0.0699. The molecule has 0 amide bonds. The lowest BCUT2D eigenvalue weighted by atomic mass is 10.2. The predicted molar refractivity (Wildman–Crippen MR) is 91.8 cm³/mol. The van der Waals surface area contributed by atoms with Gasteiger partial charge in [0.15, 0.2) is 11.5 Å². The molecule has 0 unspecified atom stereocenters. The van der Waals surface area contributed by atoms with E-state index in [1.165, 1.54) is 19.3 Å². The Labute approximate surface area is 140 Å². The fourth-order valence-corrected chi connectivity index (χ4v) is 1.91. The number of ether oxygens (including phenoxy) is 2. The van der Waals surface area contributed by atoms with Crippen LogP contribution >= 0.6 is 0 Å². The lowest BCUT2D eigenvalue weighted by Gasteiger charge is -2.03. The van der Waals surface area contributed by atoms with Crippen molar-refractivity contribution in [2.45, 2.75) is 0 Å². The van der Waals surface area contributed by atoms with Crippen LogP contribution in [-0.2, 0) is 9.53 Å². The van der Waals surface area contributed by atoms with Gasteiger partial charge in [0.2, 0.25) is 0 Å². The van der Waals surface area contributed by atoms with Crippen LogP contribution < -0.4 is 4.74 Å². The van der Waals surface area contributed by atoms with Gasteiger partial charge in [-0.25, -0.2) is 4.79 Å². The molecule has 124 valence electrons. The molecule has 5 heteroatoms. The minimum atomic E-state index is -0.462. The molecule has 0 spiro atoms. The van der Waals surface area contributed by atoms with E-state index >= 15 is 0 Å². The van der Waals surface area contributed by atoms with E-state index < -0.39 is 5.97 Å². The Kier molecular flexibility index (Phi) is 6.02. The molecule has 2 aromatic rings. The Morgan fingerprint density at radius 3 is 2.46 bits per heavy atom. The summed E-state index contributed by atoms with van der Waals surface area (Å²) >= 11 is 0. The lowest BCUT2D eigenvalue weighted by Crippen LogP contribution is -1.99. The lowest BCUT2D eigenvalue weighted by molar-refractivity contribution is -0.136. The molecule has 0 aliphatic heterocycles. The van der Waals surface area contributed by atoms with Gasteiger partial charge >= 0.3 is 5.97 Å². The van der Waals surface area contributed by atoms with Gasteiger partial charge in [0, 0.05) is 6.08 Å². The van der Waals surface area contributed by atoms with E-state index in [0.717, 1.165) is 11.1 Å². The molecule has 0 saturated heterocycles. The zero-order chi connectivity index (χ0) is 17.4. The molecule has 0 saturated carbocycles. The maximum absolute atomic E-state index is 11.6. The van der Waals surface area contributed by atoms with Gasteiger partial charge < -0.3 is 19.7 Å². The fraction of sp³-hybridized carbons (Fsp3) is 0.105. The fourth-order valence-electron chi connectivity index (χ4n) is 1.91. The molecular weight excluding hydrogens is 308 g/mol. The number of hydrogen-bond acceptors (Lipinski definition) is 5. The maximum atomic E-state index is 11.6. The van der Waals surface area contributed by atoms with Crippen LogP contribution in [0.1, 0.15) is 11.1 Å². The highest BCUT2D eigenvalue weighted by atomic mass is 16.5. The Hall–Kier alpha value is -3.21. The molecule has 0 aliphatic carbocycles. The number of carbonyl (C=O) groups excluding carboxylic acids is 1. The number of esters is 1. The summed E-state index contributed by atoms with van der Waals surface area (Å²) in [6, 6.07) is 11.4. The second-order valence-electron chi connectivity index (χ2n) is 4.89. The molecule has 2 N–H and O–H groups in total. The first-order chi connectivity index (χ1) is 11.6. The smallest absolute Gasteiger partial charge is 0.331 e. The van der Waals surface area contributed by atoms with E-state index in [0.29, 0.717) is 5.75 Å². The maximum Gasteiger partial charge on any atom is 0.331 e. The van der Waals surface area contributed by atoms with Crippen molar-refractivity contribution in [3.63, 3.8) is 0 Å². The number of benzene rings is 2. The summed E-state index contributed by atoms with van der Waals surface area (Å²) in [7, 11) is 1.48. The number of phenolic OH excluding ortho intramolecular Hbond substituents is 2. The van der Waals surface area contributed by atoms with Gasteiger partial charge in [-0.2, -0.15) is 0 Å². The standard InChI is InChI=1S/C19H18O5/c1-23-18-13-15(6-10-17(18)21)3-2-12-24-19(22)11-7-14-4-8-16(20)9-5-14/h2-11,13,20-21H,12H2,1H3/b3-2+,11-7+. The van der Waals surface area contributed by atoms with Crippen molar-refractivity contribution in [3.05, 3.63) is 65.7 Å². The molecule has 0 bridgehead atoms. The molecule has 24 heavy (non-hydrogen) atoms. The summed E-state index contributed by atoms with van der Waals surface area (Å²) in [5, 5.41) is 18.7. The molecule has 2 aromatic carbocycles. The van der Waals surface area contributed by atoms with E-state index in [-0.39, 0.29) is 18.1 Å². The molecule has 0 aromatic heterocycles. The SMILES string of the molecule is COc1cc(/C=C/COC(=O)/C=C/c2ccc(O)cc2)ccc1O. The van der Waals surface area contributed by atoms with E-state index in [4.69, 9.17) is 9.47 Å². The van der Waals surface area contributed by atoms with Crippen molar-refractivity contribution in [1.82, 2.24) is 0 Å².